The van der Waals surface area contributed by atoms with E-state index in [0.29, 0.717) is 40.7 Å². The molecule has 0 aliphatic heterocycles. The lowest BCUT2D eigenvalue weighted by Crippen LogP contribution is -2.35. The van der Waals surface area contributed by atoms with Crippen LogP contribution in [0.2, 0.25) is 5.15 Å². The van der Waals surface area contributed by atoms with E-state index < -0.39 is 24.2 Å². The molecule has 3 aromatic heterocycles. The Labute approximate surface area is 195 Å². The van der Waals surface area contributed by atoms with Crippen LogP contribution in [0, 0.1) is 12.8 Å². The third-order valence-electron chi connectivity index (χ3n) is 5.55. The fraction of sp³-hybridized carbons (Fsp3) is 0.450. The van der Waals surface area contributed by atoms with Gasteiger partial charge in [0.25, 0.3) is 0 Å². The molecule has 0 saturated heterocycles. The minimum Gasteiger partial charge on any atom is -0.481 e. The van der Waals surface area contributed by atoms with Crippen molar-refractivity contribution < 1.29 is 24.5 Å². The van der Waals surface area contributed by atoms with Gasteiger partial charge in [-0.25, -0.2) is 9.97 Å². The number of aliphatic hydroxyl groups excluding tert-OH is 3. The van der Waals surface area contributed by atoms with Crippen LogP contribution in [0.5, 0.6) is 5.88 Å². The first-order valence-corrected chi connectivity index (χ1v) is 10.2. The molecule has 3 aromatic rings. The molecular weight excluding hydrogens is 461 g/mol. The Morgan fingerprint density at radius 2 is 1.97 bits per heavy atom. The topological polar surface area (TPSA) is 146 Å². The molecule has 0 amide bonds. The van der Waals surface area contributed by atoms with E-state index in [4.69, 9.17) is 20.8 Å². The number of furan rings is 1. The Morgan fingerprint density at radius 3 is 2.59 bits per heavy atom. The van der Waals surface area contributed by atoms with Crippen LogP contribution in [0.4, 0.5) is 11.8 Å². The number of anilines is 2. The average molecular weight is 486 g/mol. The number of aryl methyl sites for hydroxylation is 1. The maximum atomic E-state index is 10.4. The van der Waals surface area contributed by atoms with Gasteiger partial charge in [-0.2, -0.15) is 4.98 Å². The van der Waals surface area contributed by atoms with Gasteiger partial charge in [-0.3, -0.25) is 0 Å². The summed E-state index contributed by atoms with van der Waals surface area (Å²) in [6.45, 7) is 1.58. The molecule has 1 fully saturated rings. The van der Waals surface area contributed by atoms with Crippen LogP contribution in [0.15, 0.2) is 16.5 Å². The summed E-state index contributed by atoms with van der Waals surface area (Å²) in [6.07, 6.45) is -1.77. The standard InChI is InChI=1S/C20H24ClN5O5.ClH/c1-8-17-9(6-13(23-8)30-3)5-12(31-17)14-18(21)25-20(22-2)26-19(14)24-11-4-10(7-27)15(28)16(11)29;/h5-6,10-11,15-16,27-29H,4,7H2,1-3H3,(H2,22,24,25,26);1H/t10-,11-,15-,16+;/m1./s1. The number of pyridine rings is 1. The zero-order chi connectivity index (χ0) is 22.3. The van der Waals surface area contributed by atoms with E-state index in [1.165, 1.54) is 0 Å². The number of aromatic nitrogens is 3. The number of hydrogen-bond acceptors (Lipinski definition) is 10. The first-order valence-electron chi connectivity index (χ1n) is 9.80. The van der Waals surface area contributed by atoms with Crippen molar-refractivity contribution in [2.75, 3.05) is 31.4 Å². The van der Waals surface area contributed by atoms with Crippen LogP contribution < -0.4 is 15.4 Å². The Balaban J connectivity index is 0.00000289. The zero-order valence-electron chi connectivity index (χ0n) is 17.7. The molecule has 0 bridgehead atoms. The lowest BCUT2D eigenvalue weighted by molar-refractivity contribution is 0.00446. The van der Waals surface area contributed by atoms with Gasteiger partial charge < -0.3 is 35.1 Å². The highest BCUT2D eigenvalue weighted by Crippen LogP contribution is 2.39. The highest BCUT2D eigenvalue weighted by Gasteiger charge is 2.41. The summed E-state index contributed by atoms with van der Waals surface area (Å²) in [5, 5.41) is 37.0. The van der Waals surface area contributed by atoms with E-state index in [9.17, 15) is 15.3 Å². The lowest BCUT2D eigenvalue weighted by Gasteiger charge is -2.20. The van der Waals surface area contributed by atoms with Crippen LogP contribution in [-0.4, -0.2) is 69.3 Å². The summed E-state index contributed by atoms with van der Waals surface area (Å²) in [4.78, 5) is 13.0. The summed E-state index contributed by atoms with van der Waals surface area (Å²) in [6, 6.07) is 2.99. The van der Waals surface area contributed by atoms with E-state index in [0.717, 1.165) is 5.39 Å². The maximum Gasteiger partial charge on any atom is 0.225 e. The maximum absolute atomic E-state index is 10.4. The molecule has 10 nitrogen and oxygen atoms in total. The fourth-order valence-electron chi connectivity index (χ4n) is 3.90. The first kappa shape index (κ1) is 24.3. The molecule has 4 rings (SSSR count). The molecule has 12 heteroatoms. The van der Waals surface area contributed by atoms with Crippen molar-refractivity contribution in [2.24, 2.45) is 5.92 Å². The quantitative estimate of drug-likeness (QED) is 0.329. The number of methoxy groups -OCH3 is 1. The molecule has 0 aromatic carbocycles. The zero-order valence-corrected chi connectivity index (χ0v) is 19.2. The predicted octanol–water partition coefficient (Wildman–Crippen LogP) is 2.23. The summed E-state index contributed by atoms with van der Waals surface area (Å²) < 4.78 is 11.3. The number of rotatable bonds is 6. The van der Waals surface area contributed by atoms with Gasteiger partial charge in [0.1, 0.15) is 22.8 Å². The minimum atomic E-state index is -1.08. The summed E-state index contributed by atoms with van der Waals surface area (Å²) in [5.41, 5.74) is 1.63. The number of nitrogens with one attached hydrogen (secondary N) is 2. The van der Waals surface area contributed by atoms with Crippen molar-refractivity contribution in [1.82, 2.24) is 15.0 Å². The summed E-state index contributed by atoms with van der Waals surface area (Å²) in [7, 11) is 3.20. The normalized spacial score (nSPS) is 22.6. The number of nitrogens with zero attached hydrogens (tertiary/aromatic N) is 3. The average Bonchev–Trinajstić information content (AvgIpc) is 3.29. The second kappa shape index (κ2) is 9.63. The van der Waals surface area contributed by atoms with Crippen LogP contribution in [0.1, 0.15) is 12.1 Å². The molecule has 0 spiro atoms. The van der Waals surface area contributed by atoms with Gasteiger partial charge in [0.05, 0.1) is 30.5 Å². The van der Waals surface area contributed by atoms with Crippen LogP contribution in [0.3, 0.4) is 0 Å². The second-order valence-corrected chi connectivity index (χ2v) is 7.86. The monoisotopic (exact) mass is 485 g/mol. The number of fused-ring (bicyclic) bond motifs is 1. The molecule has 1 saturated carbocycles. The summed E-state index contributed by atoms with van der Waals surface area (Å²) >= 11 is 6.50. The predicted molar refractivity (Wildman–Crippen MR) is 123 cm³/mol. The molecule has 0 radical (unpaired) electrons. The fourth-order valence-corrected chi connectivity index (χ4v) is 4.16. The number of halogens is 2. The molecule has 3 heterocycles. The van der Waals surface area contributed by atoms with Crippen molar-refractivity contribution >= 4 is 46.7 Å². The number of hydrogen-bond donors (Lipinski definition) is 5. The van der Waals surface area contributed by atoms with Crippen molar-refractivity contribution in [3.8, 4) is 17.2 Å². The molecule has 0 unspecified atom stereocenters. The van der Waals surface area contributed by atoms with Crippen molar-refractivity contribution in [3.63, 3.8) is 0 Å². The SMILES string of the molecule is CNc1nc(Cl)c(-c2cc3cc(OC)nc(C)c3o2)c(N[C@@H]2C[C@H](CO)[C@@H](O)[C@H]2O)n1.Cl. The highest BCUT2D eigenvalue weighted by molar-refractivity contribution is 6.32. The van der Waals surface area contributed by atoms with Gasteiger partial charge in [-0.05, 0) is 19.4 Å². The van der Waals surface area contributed by atoms with Gasteiger partial charge in [-0.1, -0.05) is 11.6 Å². The molecule has 32 heavy (non-hydrogen) atoms. The van der Waals surface area contributed by atoms with Crippen molar-refractivity contribution in [1.29, 1.82) is 0 Å². The molecule has 174 valence electrons. The first-order chi connectivity index (χ1) is 14.9. The highest BCUT2D eigenvalue weighted by atomic mass is 35.5. The van der Waals surface area contributed by atoms with E-state index in [-0.39, 0.29) is 30.1 Å². The second-order valence-electron chi connectivity index (χ2n) is 7.50. The van der Waals surface area contributed by atoms with Gasteiger partial charge in [-0.15, -0.1) is 12.4 Å². The van der Waals surface area contributed by atoms with Gasteiger partial charge in [0.15, 0.2) is 5.58 Å². The van der Waals surface area contributed by atoms with E-state index >= 15 is 0 Å². The Bertz CT molecular complexity index is 1110. The van der Waals surface area contributed by atoms with E-state index in [1.807, 2.05) is 6.92 Å². The van der Waals surface area contributed by atoms with Gasteiger partial charge in [0, 0.05) is 31.0 Å². The molecule has 1 aliphatic rings. The molecule has 5 N–H and O–H groups in total. The van der Waals surface area contributed by atoms with Crippen molar-refractivity contribution in [2.45, 2.75) is 31.6 Å². The molecule has 1 aliphatic carbocycles. The number of ether oxygens (including phenoxy) is 1. The minimum absolute atomic E-state index is 0. The van der Waals surface area contributed by atoms with E-state index in [2.05, 4.69) is 25.6 Å². The van der Waals surface area contributed by atoms with Crippen LogP contribution >= 0.6 is 24.0 Å². The third-order valence-corrected chi connectivity index (χ3v) is 5.82. The Kier molecular flexibility index (Phi) is 7.31. The summed E-state index contributed by atoms with van der Waals surface area (Å²) in [5.74, 6) is 1.04. The Morgan fingerprint density at radius 1 is 1.22 bits per heavy atom. The van der Waals surface area contributed by atoms with Crippen LogP contribution in [0.25, 0.3) is 22.3 Å². The number of aliphatic hydroxyl groups is 3. The molecule has 4 atom stereocenters. The largest absolute Gasteiger partial charge is 0.481 e. The third kappa shape index (κ3) is 4.28. The molecular formula is C20H25Cl2N5O5. The Hall–Kier alpha value is -2.37. The lowest BCUT2D eigenvalue weighted by atomic mass is 10.1. The van der Waals surface area contributed by atoms with E-state index in [1.54, 1.807) is 26.3 Å². The van der Waals surface area contributed by atoms with Crippen molar-refractivity contribution in [3.05, 3.63) is 23.0 Å². The van der Waals surface area contributed by atoms with Gasteiger partial charge >= 0.3 is 0 Å². The van der Waals surface area contributed by atoms with Crippen LogP contribution in [-0.2, 0) is 0 Å². The van der Waals surface area contributed by atoms with Gasteiger partial charge in [0.2, 0.25) is 11.8 Å². The smallest absolute Gasteiger partial charge is 0.225 e.